The second kappa shape index (κ2) is 10.1. The smallest absolute Gasteiger partial charge is 0.323 e. The molecule has 6 heteroatoms. The van der Waals surface area contributed by atoms with Crippen LogP contribution in [0, 0.1) is 0 Å². The molecular weight excluding hydrogens is 308 g/mol. The average molecular weight is 334 g/mol. The number of methoxy groups -OCH3 is 1. The molecule has 0 aliphatic carbocycles. The van der Waals surface area contributed by atoms with Gasteiger partial charge in [0.1, 0.15) is 12.6 Å². The summed E-state index contributed by atoms with van der Waals surface area (Å²) in [6, 6.07) is 9.28. The third kappa shape index (κ3) is 5.94. The largest absolute Gasteiger partial charge is 0.460 e. The second-order valence-corrected chi connectivity index (χ2v) is 5.92. The molecule has 0 saturated carbocycles. The van der Waals surface area contributed by atoms with Crippen LogP contribution in [-0.4, -0.2) is 56.2 Å². The molecule has 132 valence electrons. The summed E-state index contributed by atoms with van der Waals surface area (Å²) in [5.74, 6) is -0.308. The van der Waals surface area contributed by atoms with Gasteiger partial charge in [-0.3, -0.25) is 14.5 Å². The highest BCUT2D eigenvalue weighted by molar-refractivity contribution is 5.80. The van der Waals surface area contributed by atoms with Crippen LogP contribution in [-0.2, 0) is 25.7 Å². The van der Waals surface area contributed by atoms with Crippen molar-refractivity contribution in [3.05, 3.63) is 35.9 Å². The second-order valence-electron chi connectivity index (χ2n) is 5.92. The molecule has 1 saturated heterocycles. The molecule has 0 spiro atoms. The van der Waals surface area contributed by atoms with Crippen molar-refractivity contribution in [1.29, 1.82) is 0 Å². The molecule has 2 rings (SSSR count). The van der Waals surface area contributed by atoms with E-state index in [-0.39, 0.29) is 31.1 Å². The Labute approximate surface area is 143 Å². The summed E-state index contributed by atoms with van der Waals surface area (Å²) in [6.07, 6.45) is 2.43. The number of likely N-dealkylation sites (tertiary alicyclic amines) is 1. The van der Waals surface area contributed by atoms with Crippen LogP contribution in [0.2, 0.25) is 0 Å². The third-order valence-corrected chi connectivity index (χ3v) is 4.05. The van der Waals surface area contributed by atoms with E-state index in [1.165, 1.54) is 0 Å². The van der Waals surface area contributed by atoms with Crippen LogP contribution in [0.4, 0.5) is 0 Å². The van der Waals surface area contributed by atoms with E-state index in [4.69, 9.17) is 9.47 Å². The first-order chi connectivity index (χ1) is 11.7. The lowest BCUT2D eigenvalue weighted by Crippen LogP contribution is -2.43. The van der Waals surface area contributed by atoms with Crippen LogP contribution in [0.15, 0.2) is 30.3 Å². The summed E-state index contributed by atoms with van der Waals surface area (Å²) in [5, 5.41) is 2.85. The number of benzene rings is 1. The summed E-state index contributed by atoms with van der Waals surface area (Å²) in [5.41, 5.74) is 0.964. The molecule has 1 aromatic carbocycles. The Morgan fingerprint density at radius 2 is 2.08 bits per heavy atom. The van der Waals surface area contributed by atoms with Crippen LogP contribution in [0.3, 0.4) is 0 Å². The van der Waals surface area contributed by atoms with Gasteiger partial charge < -0.3 is 14.8 Å². The Kier molecular flexibility index (Phi) is 7.71. The molecule has 1 N–H and O–H groups in total. The number of ether oxygens (including phenoxy) is 2. The minimum atomic E-state index is -0.321. The van der Waals surface area contributed by atoms with E-state index in [9.17, 15) is 9.59 Å². The van der Waals surface area contributed by atoms with E-state index in [1.807, 2.05) is 35.2 Å². The number of hydrogen-bond acceptors (Lipinski definition) is 5. The number of amides is 1. The highest BCUT2D eigenvalue weighted by Gasteiger charge is 2.32. The number of hydrogen-bond donors (Lipinski definition) is 1. The van der Waals surface area contributed by atoms with Crippen molar-refractivity contribution in [2.24, 2.45) is 0 Å². The maximum absolute atomic E-state index is 12.3. The first kappa shape index (κ1) is 18.4. The van der Waals surface area contributed by atoms with Gasteiger partial charge in [0, 0.05) is 20.3 Å². The lowest BCUT2D eigenvalue weighted by atomic mass is 10.2. The zero-order valence-corrected chi connectivity index (χ0v) is 14.2. The summed E-state index contributed by atoms with van der Waals surface area (Å²) in [6.45, 7) is 2.46. The molecule has 0 radical (unpaired) electrons. The van der Waals surface area contributed by atoms with Crippen molar-refractivity contribution in [2.45, 2.75) is 31.9 Å². The van der Waals surface area contributed by atoms with Gasteiger partial charge in [-0.25, -0.2) is 0 Å². The predicted octanol–water partition coefficient (Wildman–Crippen LogP) is 1.35. The maximum atomic E-state index is 12.3. The zero-order valence-electron chi connectivity index (χ0n) is 14.2. The van der Waals surface area contributed by atoms with Gasteiger partial charge >= 0.3 is 5.97 Å². The molecular formula is C18H26N2O4. The Morgan fingerprint density at radius 3 is 2.83 bits per heavy atom. The van der Waals surface area contributed by atoms with Crippen molar-refractivity contribution in [1.82, 2.24) is 10.2 Å². The van der Waals surface area contributed by atoms with Gasteiger partial charge in [0.05, 0.1) is 6.54 Å². The third-order valence-electron chi connectivity index (χ3n) is 4.05. The van der Waals surface area contributed by atoms with Crippen molar-refractivity contribution in [2.75, 3.05) is 33.4 Å². The number of carbonyl (C=O) groups excluding carboxylic acids is 2. The molecule has 0 bridgehead atoms. The molecule has 6 nitrogen and oxygen atoms in total. The van der Waals surface area contributed by atoms with E-state index in [0.29, 0.717) is 13.2 Å². The number of rotatable bonds is 9. The van der Waals surface area contributed by atoms with Crippen LogP contribution >= 0.6 is 0 Å². The standard InChI is InChI=1S/C18H26N2O4/c1-23-12-6-10-19-17(21)13-20-11-5-9-16(20)18(22)24-14-15-7-3-2-4-8-15/h2-4,7-8,16H,5-6,9-14H2,1H3,(H,19,21). The molecule has 1 atom stereocenters. The average Bonchev–Trinajstić information content (AvgIpc) is 3.05. The van der Waals surface area contributed by atoms with Gasteiger partial charge in [-0.1, -0.05) is 30.3 Å². The highest BCUT2D eigenvalue weighted by Crippen LogP contribution is 2.18. The fourth-order valence-corrected chi connectivity index (χ4v) is 2.79. The van der Waals surface area contributed by atoms with Crippen molar-refractivity contribution < 1.29 is 19.1 Å². The van der Waals surface area contributed by atoms with Crippen LogP contribution in [0.25, 0.3) is 0 Å². The molecule has 1 amide bonds. The molecule has 1 aliphatic heterocycles. The fourth-order valence-electron chi connectivity index (χ4n) is 2.79. The van der Waals surface area contributed by atoms with Crippen LogP contribution in [0.5, 0.6) is 0 Å². The molecule has 1 unspecified atom stereocenters. The topological polar surface area (TPSA) is 67.9 Å². The molecule has 1 aromatic rings. The summed E-state index contributed by atoms with van der Waals surface area (Å²) in [4.78, 5) is 26.2. The van der Waals surface area contributed by atoms with E-state index >= 15 is 0 Å². The van der Waals surface area contributed by atoms with E-state index < -0.39 is 0 Å². The monoisotopic (exact) mass is 334 g/mol. The lowest BCUT2D eigenvalue weighted by Gasteiger charge is -2.22. The maximum Gasteiger partial charge on any atom is 0.323 e. The Hall–Kier alpha value is -1.92. The number of nitrogens with zero attached hydrogens (tertiary/aromatic N) is 1. The van der Waals surface area contributed by atoms with Crippen molar-refractivity contribution >= 4 is 11.9 Å². The van der Waals surface area contributed by atoms with Gasteiger partial charge in [-0.2, -0.15) is 0 Å². The zero-order chi connectivity index (χ0) is 17.2. The predicted molar refractivity (Wildman–Crippen MR) is 90.3 cm³/mol. The first-order valence-corrected chi connectivity index (χ1v) is 8.41. The van der Waals surface area contributed by atoms with Gasteiger partial charge in [0.15, 0.2) is 0 Å². The molecule has 1 aliphatic rings. The van der Waals surface area contributed by atoms with Gasteiger partial charge in [-0.15, -0.1) is 0 Å². The highest BCUT2D eigenvalue weighted by atomic mass is 16.5. The van der Waals surface area contributed by atoms with E-state index in [1.54, 1.807) is 7.11 Å². The molecule has 1 heterocycles. The van der Waals surface area contributed by atoms with E-state index in [2.05, 4.69) is 5.32 Å². The Balaban J connectivity index is 1.75. The van der Waals surface area contributed by atoms with Gasteiger partial charge in [-0.05, 0) is 31.4 Å². The quantitative estimate of drug-likeness (QED) is 0.545. The van der Waals surface area contributed by atoms with Crippen molar-refractivity contribution in [3.8, 4) is 0 Å². The minimum Gasteiger partial charge on any atom is -0.460 e. The minimum absolute atomic E-state index is 0.0612. The molecule has 0 aromatic heterocycles. The SMILES string of the molecule is COCCCNC(=O)CN1CCCC1C(=O)OCc1ccccc1. The van der Waals surface area contributed by atoms with Crippen LogP contribution < -0.4 is 5.32 Å². The Bertz CT molecular complexity index is 521. The molecule has 1 fully saturated rings. The number of esters is 1. The van der Waals surface area contributed by atoms with Crippen molar-refractivity contribution in [3.63, 3.8) is 0 Å². The van der Waals surface area contributed by atoms with E-state index in [0.717, 1.165) is 31.4 Å². The number of nitrogens with one attached hydrogen (secondary N) is 1. The fraction of sp³-hybridized carbons (Fsp3) is 0.556. The number of carbonyl (C=O) groups is 2. The van der Waals surface area contributed by atoms with Gasteiger partial charge in [0.25, 0.3) is 0 Å². The Morgan fingerprint density at radius 1 is 1.29 bits per heavy atom. The van der Waals surface area contributed by atoms with Crippen LogP contribution in [0.1, 0.15) is 24.8 Å². The summed E-state index contributed by atoms with van der Waals surface area (Å²) in [7, 11) is 1.64. The summed E-state index contributed by atoms with van der Waals surface area (Å²) >= 11 is 0. The summed E-state index contributed by atoms with van der Waals surface area (Å²) < 4.78 is 10.4. The first-order valence-electron chi connectivity index (χ1n) is 8.41. The van der Waals surface area contributed by atoms with Gasteiger partial charge in [0.2, 0.25) is 5.91 Å². The molecule has 24 heavy (non-hydrogen) atoms. The lowest BCUT2D eigenvalue weighted by molar-refractivity contribution is -0.150. The normalized spacial score (nSPS) is 17.6.